The van der Waals surface area contributed by atoms with Crippen molar-refractivity contribution in [1.29, 1.82) is 0 Å². The van der Waals surface area contributed by atoms with Gasteiger partial charge in [0.2, 0.25) is 0 Å². The smallest absolute Gasteiger partial charge is 0.191 e. The second-order valence-corrected chi connectivity index (χ2v) is 6.06. The summed E-state index contributed by atoms with van der Waals surface area (Å²) in [6.07, 6.45) is 5.67. The predicted octanol–water partition coefficient (Wildman–Crippen LogP) is 3.17. The molecule has 0 spiro atoms. The number of rotatable bonds is 10. The summed E-state index contributed by atoms with van der Waals surface area (Å²) in [5.74, 6) is 1.47. The van der Waals surface area contributed by atoms with Crippen LogP contribution in [0.25, 0.3) is 0 Å². The van der Waals surface area contributed by atoms with Gasteiger partial charge in [0.1, 0.15) is 0 Å². The van der Waals surface area contributed by atoms with Gasteiger partial charge in [-0.25, -0.2) is 0 Å². The number of nitrogens with one attached hydrogen (secondary N) is 2. The van der Waals surface area contributed by atoms with Crippen LogP contribution in [0.1, 0.15) is 38.3 Å². The topological polar surface area (TPSA) is 58.5 Å². The summed E-state index contributed by atoms with van der Waals surface area (Å²) >= 11 is 0. The molecule has 1 heterocycles. The summed E-state index contributed by atoms with van der Waals surface area (Å²) in [5.41, 5.74) is 2.56. The van der Waals surface area contributed by atoms with Crippen molar-refractivity contribution in [1.82, 2.24) is 15.6 Å². The molecule has 0 saturated heterocycles. The van der Waals surface area contributed by atoms with E-state index in [1.54, 1.807) is 0 Å². The lowest BCUT2D eigenvalue weighted by atomic mass is 10.1. The van der Waals surface area contributed by atoms with Gasteiger partial charge in [-0.3, -0.25) is 9.98 Å². The molecule has 1 rings (SSSR count). The molecule has 0 amide bonds. The molecular formula is C18H33IN4O. The highest BCUT2D eigenvalue weighted by Gasteiger charge is 2.00. The van der Waals surface area contributed by atoms with E-state index in [0.717, 1.165) is 51.6 Å². The molecule has 0 aliphatic heterocycles. The lowest BCUT2D eigenvalue weighted by molar-refractivity contribution is 0.109. The van der Waals surface area contributed by atoms with E-state index < -0.39 is 0 Å². The minimum absolute atomic E-state index is 0. The molecule has 0 bridgehead atoms. The van der Waals surface area contributed by atoms with E-state index in [4.69, 9.17) is 4.74 Å². The molecule has 0 unspecified atom stereocenters. The first kappa shape index (κ1) is 23.1. The number of ether oxygens (including phenoxy) is 1. The standard InChI is InChI=1S/C18H32N4O.HI/c1-5-20-18(21-9-6-12-23-14-15(2)3)22-11-8-17-7-10-19-13-16(17)4;/h7,10,13,15H,5-6,8-9,11-12,14H2,1-4H3,(H2,20,21,22);1H. The average molecular weight is 448 g/mol. The van der Waals surface area contributed by atoms with Crippen LogP contribution in [0, 0.1) is 12.8 Å². The van der Waals surface area contributed by atoms with Gasteiger partial charge in [-0.05, 0) is 49.8 Å². The Kier molecular flexibility index (Phi) is 13.9. The molecular weight excluding hydrogens is 415 g/mol. The maximum atomic E-state index is 5.57. The van der Waals surface area contributed by atoms with Crippen LogP contribution in [0.4, 0.5) is 0 Å². The Hall–Kier alpha value is -0.890. The van der Waals surface area contributed by atoms with Crippen molar-refractivity contribution in [3.63, 3.8) is 0 Å². The number of hydrogen-bond acceptors (Lipinski definition) is 3. The van der Waals surface area contributed by atoms with Crippen molar-refractivity contribution in [3.05, 3.63) is 29.6 Å². The third-order valence-electron chi connectivity index (χ3n) is 3.34. The van der Waals surface area contributed by atoms with Crippen molar-refractivity contribution in [2.45, 2.75) is 40.5 Å². The Balaban J connectivity index is 0.00000529. The summed E-state index contributed by atoms with van der Waals surface area (Å²) in [6, 6.07) is 2.08. The maximum Gasteiger partial charge on any atom is 0.191 e. The van der Waals surface area contributed by atoms with Gasteiger partial charge in [-0.2, -0.15) is 0 Å². The largest absolute Gasteiger partial charge is 0.381 e. The fraction of sp³-hybridized carbons (Fsp3) is 0.667. The molecule has 1 aromatic rings. The molecule has 2 N–H and O–H groups in total. The zero-order valence-electron chi connectivity index (χ0n) is 15.5. The molecule has 5 nitrogen and oxygen atoms in total. The molecule has 0 fully saturated rings. The SMILES string of the molecule is CCNC(=NCCCOCC(C)C)NCCc1ccncc1C.I. The molecule has 0 radical (unpaired) electrons. The van der Waals surface area contributed by atoms with Crippen molar-refractivity contribution in [2.75, 3.05) is 32.8 Å². The number of aryl methyl sites for hydroxylation is 1. The zero-order chi connectivity index (χ0) is 16.9. The number of hydrogen-bond donors (Lipinski definition) is 2. The van der Waals surface area contributed by atoms with Crippen LogP contribution in [0.3, 0.4) is 0 Å². The number of aliphatic imine (C=N–C) groups is 1. The third-order valence-corrected chi connectivity index (χ3v) is 3.34. The monoisotopic (exact) mass is 448 g/mol. The fourth-order valence-electron chi connectivity index (χ4n) is 2.12. The third kappa shape index (κ3) is 10.8. The Bertz CT molecular complexity index is 466. The Labute approximate surface area is 164 Å². The van der Waals surface area contributed by atoms with Gasteiger partial charge in [-0.1, -0.05) is 13.8 Å². The first-order valence-corrected chi connectivity index (χ1v) is 8.62. The Morgan fingerprint density at radius 2 is 2.12 bits per heavy atom. The Morgan fingerprint density at radius 1 is 1.33 bits per heavy atom. The normalized spacial score (nSPS) is 11.3. The van der Waals surface area contributed by atoms with Gasteiger partial charge in [0.05, 0.1) is 0 Å². The van der Waals surface area contributed by atoms with E-state index in [1.807, 2.05) is 12.4 Å². The molecule has 138 valence electrons. The molecule has 6 heteroatoms. The van der Waals surface area contributed by atoms with Crippen LogP contribution in [0.15, 0.2) is 23.5 Å². The lowest BCUT2D eigenvalue weighted by Gasteiger charge is -2.12. The second-order valence-electron chi connectivity index (χ2n) is 6.06. The highest BCUT2D eigenvalue weighted by atomic mass is 127. The van der Waals surface area contributed by atoms with E-state index >= 15 is 0 Å². The molecule has 0 aromatic carbocycles. The highest BCUT2D eigenvalue weighted by molar-refractivity contribution is 14.0. The van der Waals surface area contributed by atoms with E-state index in [0.29, 0.717) is 5.92 Å². The zero-order valence-corrected chi connectivity index (χ0v) is 17.8. The van der Waals surface area contributed by atoms with E-state index in [-0.39, 0.29) is 24.0 Å². The van der Waals surface area contributed by atoms with Crippen molar-refractivity contribution < 1.29 is 4.74 Å². The number of halogens is 1. The van der Waals surface area contributed by atoms with Gasteiger partial charge in [0.25, 0.3) is 0 Å². The number of nitrogens with zero attached hydrogens (tertiary/aromatic N) is 2. The Morgan fingerprint density at radius 3 is 2.79 bits per heavy atom. The van der Waals surface area contributed by atoms with Crippen LogP contribution in [-0.4, -0.2) is 43.8 Å². The fourth-order valence-corrected chi connectivity index (χ4v) is 2.12. The van der Waals surface area contributed by atoms with E-state index in [2.05, 4.69) is 54.4 Å². The van der Waals surface area contributed by atoms with Crippen LogP contribution >= 0.6 is 24.0 Å². The molecule has 1 aromatic heterocycles. The predicted molar refractivity (Wildman–Crippen MR) is 112 cm³/mol. The van der Waals surface area contributed by atoms with Crippen LogP contribution in [-0.2, 0) is 11.2 Å². The molecule has 24 heavy (non-hydrogen) atoms. The van der Waals surface area contributed by atoms with Crippen molar-refractivity contribution in [2.24, 2.45) is 10.9 Å². The van der Waals surface area contributed by atoms with E-state index in [1.165, 1.54) is 11.1 Å². The first-order chi connectivity index (χ1) is 11.1. The van der Waals surface area contributed by atoms with Crippen molar-refractivity contribution in [3.8, 4) is 0 Å². The number of pyridine rings is 1. The minimum Gasteiger partial charge on any atom is -0.381 e. The molecule has 0 aliphatic carbocycles. The van der Waals surface area contributed by atoms with Crippen molar-refractivity contribution >= 4 is 29.9 Å². The lowest BCUT2D eigenvalue weighted by Crippen LogP contribution is -2.38. The summed E-state index contributed by atoms with van der Waals surface area (Å²) < 4.78 is 5.57. The number of guanidine groups is 1. The molecule has 0 atom stereocenters. The highest BCUT2D eigenvalue weighted by Crippen LogP contribution is 2.04. The van der Waals surface area contributed by atoms with Gasteiger partial charge >= 0.3 is 0 Å². The van der Waals surface area contributed by atoms with Crippen LogP contribution < -0.4 is 10.6 Å². The van der Waals surface area contributed by atoms with Gasteiger partial charge < -0.3 is 15.4 Å². The van der Waals surface area contributed by atoms with Crippen LogP contribution in [0.5, 0.6) is 0 Å². The first-order valence-electron chi connectivity index (χ1n) is 8.62. The van der Waals surface area contributed by atoms with Crippen LogP contribution in [0.2, 0.25) is 0 Å². The molecule has 0 aliphatic rings. The minimum atomic E-state index is 0. The van der Waals surface area contributed by atoms with E-state index in [9.17, 15) is 0 Å². The summed E-state index contributed by atoms with van der Waals surface area (Å²) in [6.45, 7) is 12.6. The number of aromatic nitrogens is 1. The summed E-state index contributed by atoms with van der Waals surface area (Å²) in [4.78, 5) is 8.71. The maximum absolute atomic E-state index is 5.57. The van der Waals surface area contributed by atoms with Gasteiger partial charge in [0.15, 0.2) is 5.96 Å². The summed E-state index contributed by atoms with van der Waals surface area (Å²) in [5, 5.41) is 6.66. The average Bonchev–Trinajstić information content (AvgIpc) is 2.52. The second kappa shape index (κ2) is 14.5. The van der Waals surface area contributed by atoms with Gasteiger partial charge in [-0.15, -0.1) is 24.0 Å². The quantitative estimate of drug-likeness (QED) is 0.250. The van der Waals surface area contributed by atoms with Gasteiger partial charge in [0, 0.05) is 45.2 Å². The molecule has 0 saturated carbocycles. The summed E-state index contributed by atoms with van der Waals surface area (Å²) in [7, 11) is 0.